The van der Waals surface area contributed by atoms with Gasteiger partial charge in [0.15, 0.2) is 5.83 Å². The number of allylic oxidation sites excluding steroid dienone is 1. The number of hydrogen-bond acceptors (Lipinski definition) is 1. The van der Waals surface area contributed by atoms with Crippen molar-refractivity contribution >= 4 is 5.97 Å². The summed E-state index contributed by atoms with van der Waals surface area (Å²) in [5, 5.41) is 7.60. The monoisotopic (exact) mass is 186 g/mol. The van der Waals surface area contributed by atoms with Crippen LogP contribution in [-0.2, 0) is 4.79 Å². The van der Waals surface area contributed by atoms with Crippen molar-refractivity contribution < 1.29 is 27.5 Å². The fourth-order valence-electron chi connectivity index (χ4n) is 0.0505. The Hall–Kier alpha value is -1.33. The molecular weight excluding hydrogens is 180 g/mol. The highest BCUT2D eigenvalue weighted by atomic mass is 19.3. The minimum Gasteiger partial charge on any atom is -0.478 e. The smallest absolute Gasteiger partial charge is 0.327 e. The highest BCUT2D eigenvalue weighted by Crippen LogP contribution is 2.07. The quantitative estimate of drug-likeness (QED) is 0.530. The number of carboxylic acid groups (broad SMARTS) is 1. The van der Waals surface area contributed by atoms with E-state index in [9.17, 15) is 22.4 Å². The Balaban J connectivity index is 0. The number of halogens is 4. The molecule has 2 nitrogen and oxygen atoms in total. The van der Waals surface area contributed by atoms with Gasteiger partial charge in [0, 0.05) is 6.08 Å². The molecule has 0 amide bonds. The normalized spacial score (nSPS) is 7.67. The third-order valence-corrected chi connectivity index (χ3v) is 0.497. The summed E-state index contributed by atoms with van der Waals surface area (Å²) in [6, 6.07) is 0. The van der Waals surface area contributed by atoms with E-state index in [2.05, 4.69) is 6.58 Å². The lowest BCUT2D eigenvalue weighted by molar-refractivity contribution is -0.131. The molecule has 0 radical (unpaired) electrons. The van der Waals surface area contributed by atoms with Crippen LogP contribution in [0.15, 0.2) is 24.6 Å². The van der Waals surface area contributed by atoms with E-state index in [0.717, 1.165) is 6.08 Å². The van der Waals surface area contributed by atoms with Crippen LogP contribution in [0.3, 0.4) is 0 Å². The molecule has 0 unspecified atom stereocenters. The van der Waals surface area contributed by atoms with Crippen molar-refractivity contribution in [2.24, 2.45) is 0 Å². The summed E-state index contributed by atoms with van der Waals surface area (Å²) in [5.74, 6) is -2.97. The molecule has 1 N–H and O–H groups in total. The molecule has 0 saturated carbocycles. The van der Waals surface area contributed by atoms with Crippen LogP contribution < -0.4 is 0 Å². The zero-order chi connectivity index (χ0) is 10.1. The standard InChI is InChI=1S/C3H2F4.C3H4O2/c4-1-2(5)3(6)7;1-2-3(4)5/h1H2;2H,1H2,(H,4,5). The molecular formula is C6H6F4O2. The Morgan fingerprint density at radius 2 is 1.75 bits per heavy atom. The second kappa shape index (κ2) is 7.77. The Kier molecular flexibility index (Phi) is 8.60. The van der Waals surface area contributed by atoms with Gasteiger partial charge in [0.05, 0.1) is 0 Å². The van der Waals surface area contributed by atoms with Crippen molar-refractivity contribution in [1.82, 2.24) is 0 Å². The van der Waals surface area contributed by atoms with Gasteiger partial charge in [0.1, 0.15) is 6.67 Å². The van der Waals surface area contributed by atoms with Gasteiger partial charge in [-0.3, -0.25) is 0 Å². The fourth-order valence-corrected chi connectivity index (χ4v) is 0.0505. The van der Waals surface area contributed by atoms with Gasteiger partial charge in [-0.1, -0.05) is 6.58 Å². The summed E-state index contributed by atoms with van der Waals surface area (Å²) < 4.78 is 43.1. The van der Waals surface area contributed by atoms with Crippen molar-refractivity contribution in [2.75, 3.05) is 6.67 Å². The van der Waals surface area contributed by atoms with Crippen LogP contribution in [0.1, 0.15) is 0 Å². The van der Waals surface area contributed by atoms with Crippen LogP contribution in [0.25, 0.3) is 0 Å². The van der Waals surface area contributed by atoms with E-state index in [1.165, 1.54) is 0 Å². The molecule has 70 valence electrons. The molecule has 12 heavy (non-hydrogen) atoms. The van der Waals surface area contributed by atoms with Gasteiger partial charge in [-0.2, -0.15) is 8.78 Å². The summed E-state index contributed by atoms with van der Waals surface area (Å²) in [4.78, 5) is 9.25. The largest absolute Gasteiger partial charge is 0.478 e. The van der Waals surface area contributed by atoms with E-state index in [-0.39, 0.29) is 0 Å². The Morgan fingerprint density at radius 1 is 1.42 bits per heavy atom. The molecule has 0 atom stereocenters. The fraction of sp³-hybridized carbons (Fsp3) is 0.167. The Morgan fingerprint density at radius 3 is 1.75 bits per heavy atom. The third-order valence-electron chi connectivity index (χ3n) is 0.497. The number of rotatable bonds is 2. The summed E-state index contributed by atoms with van der Waals surface area (Å²) in [6.07, 6.45) is -1.75. The van der Waals surface area contributed by atoms with E-state index >= 15 is 0 Å². The predicted octanol–water partition coefficient (Wildman–Crippen LogP) is 2.29. The SMILES string of the molecule is C=CC(=O)O.FCC(F)=C(F)F. The molecule has 0 fully saturated rings. The maximum atomic E-state index is 11.0. The highest BCUT2D eigenvalue weighted by Gasteiger charge is 2.00. The molecule has 0 aliphatic carbocycles. The molecule has 0 aromatic heterocycles. The lowest BCUT2D eigenvalue weighted by atomic mass is 10.6. The first-order valence-electron chi connectivity index (χ1n) is 2.56. The first-order chi connectivity index (χ1) is 5.45. The summed E-state index contributed by atoms with van der Waals surface area (Å²) >= 11 is 0. The van der Waals surface area contributed by atoms with Gasteiger partial charge in [0.25, 0.3) is 0 Å². The number of hydrogen-bond donors (Lipinski definition) is 1. The van der Waals surface area contributed by atoms with Gasteiger partial charge in [-0.15, -0.1) is 0 Å². The Bertz CT molecular complexity index is 184. The van der Waals surface area contributed by atoms with Crippen LogP contribution in [0.4, 0.5) is 17.6 Å². The summed E-state index contributed by atoms with van der Waals surface area (Å²) in [6.45, 7) is 1.24. The maximum absolute atomic E-state index is 11.0. The molecule has 0 aromatic carbocycles. The van der Waals surface area contributed by atoms with Crippen LogP contribution in [-0.4, -0.2) is 17.8 Å². The van der Waals surface area contributed by atoms with Gasteiger partial charge < -0.3 is 5.11 Å². The van der Waals surface area contributed by atoms with Crippen molar-refractivity contribution in [2.45, 2.75) is 0 Å². The predicted molar refractivity (Wildman–Crippen MR) is 34.2 cm³/mol. The lowest BCUT2D eigenvalue weighted by Crippen LogP contribution is -1.82. The molecule has 0 saturated heterocycles. The minimum absolute atomic E-state index is 0.833. The average Bonchev–Trinajstić information content (AvgIpc) is 2.04. The van der Waals surface area contributed by atoms with E-state index in [4.69, 9.17) is 5.11 Å². The van der Waals surface area contributed by atoms with Crippen molar-refractivity contribution in [1.29, 1.82) is 0 Å². The van der Waals surface area contributed by atoms with Crippen LogP contribution in [0.2, 0.25) is 0 Å². The molecule has 0 aliphatic rings. The van der Waals surface area contributed by atoms with Crippen molar-refractivity contribution in [3.05, 3.63) is 24.6 Å². The molecule has 6 heteroatoms. The Labute approximate surface area is 65.8 Å². The minimum atomic E-state index is -2.58. The first-order valence-corrected chi connectivity index (χ1v) is 2.56. The number of carboxylic acids is 1. The van der Waals surface area contributed by atoms with Crippen LogP contribution >= 0.6 is 0 Å². The van der Waals surface area contributed by atoms with E-state index in [0.29, 0.717) is 0 Å². The highest BCUT2D eigenvalue weighted by molar-refractivity contribution is 5.78. The zero-order valence-corrected chi connectivity index (χ0v) is 5.86. The lowest BCUT2D eigenvalue weighted by Gasteiger charge is -1.79. The van der Waals surface area contributed by atoms with E-state index < -0.39 is 24.6 Å². The number of carbonyl (C=O) groups is 1. The van der Waals surface area contributed by atoms with Crippen molar-refractivity contribution in [3.8, 4) is 0 Å². The summed E-state index contributed by atoms with van der Waals surface area (Å²) in [5.41, 5.74) is 0. The molecule has 0 rings (SSSR count). The molecule has 0 aromatic rings. The van der Waals surface area contributed by atoms with E-state index in [1.54, 1.807) is 0 Å². The first kappa shape index (κ1) is 13.3. The zero-order valence-electron chi connectivity index (χ0n) is 5.86. The molecule has 0 bridgehead atoms. The maximum Gasteiger partial charge on any atom is 0.327 e. The van der Waals surface area contributed by atoms with Crippen LogP contribution in [0.5, 0.6) is 0 Å². The second-order valence-corrected chi connectivity index (χ2v) is 1.34. The summed E-state index contributed by atoms with van der Waals surface area (Å²) in [7, 11) is 0. The third kappa shape index (κ3) is 11.5. The molecule has 0 heterocycles. The van der Waals surface area contributed by atoms with Gasteiger partial charge in [0.2, 0.25) is 0 Å². The average molecular weight is 186 g/mol. The van der Waals surface area contributed by atoms with Gasteiger partial charge in [-0.25, -0.2) is 13.6 Å². The topological polar surface area (TPSA) is 37.3 Å². The van der Waals surface area contributed by atoms with Gasteiger partial charge in [-0.05, 0) is 0 Å². The molecule has 0 spiro atoms. The van der Waals surface area contributed by atoms with Gasteiger partial charge >= 0.3 is 12.0 Å². The second-order valence-electron chi connectivity index (χ2n) is 1.34. The number of alkyl halides is 1. The molecule has 0 aliphatic heterocycles. The van der Waals surface area contributed by atoms with Crippen LogP contribution in [0, 0.1) is 0 Å². The number of aliphatic carboxylic acids is 1. The van der Waals surface area contributed by atoms with E-state index in [1.807, 2.05) is 0 Å². The van der Waals surface area contributed by atoms with Crippen molar-refractivity contribution in [3.63, 3.8) is 0 Å².